The highest BCUT2D eigenvalue weighted by molar-refractivity contribution is 6.80. The first-order valence-electron chi connectivity index (χ1n) is 5.69. The molecule has 0 bridgehead atoms. The van der Waals surface area contributed by atoms with Crippen LogP contribution in [0.1, 0.15) is 27.7 Å². The fourth-order valence-corrected chi connectivity index (χ4v) is 4.79. The summed E-state index contributed by atoms with van der Waals surface area (Å²) in [6.45, 7) is 13.5. The van der Waals surface area contributed by atoms with Crippen LogP contribution in [0.3, 0.4) is 0 Å². The number of nitrogens with zero attached hydrogens (tertiary/aromatic N) is 1. The van der Waals surface area contributed by atoms with Gasteiger partial charge in [0.05, 0.1) is 12.0 Å². The van der Waals surface area contributed by atoms with Gasteiger partial charge in [0.2, 0.25) is 5.91 Å². The first-order valence-corrected chi connectivity index (χ1v) is 8.64. The Labute approximate surface area is 93.4 Å². The minimum atomic E-state index is -1.63. The van der Waals surface area contributed by atoms with Crippen LogP contribution in [-0.2, 0) is 4.79 Å². The van der Waals surface area contributed by atoms with E-state index in [9.17, 15) is 4.79 Å². The minimum absolute atomic E-state index is 0.249. The molecule has 0 saturated carbocycles. The number of rotatable bonds is 1. The Morgan fingerprint density at radius 3 is 2.20 bits per heavy atom. The molecule has 1 aliphatic heterocycles. The monoisotopic (exact) mass is 223 g/mol. The van der Waals surface area contributed by atoms with Crippen LogP contribution >= 0.6 is 0 Å². The molecule has 15 heavy (non-hydrogen) atoms. The van der Waals surface area contributed by atoms with Gasteiger partial charge >= 0.3 is 0 Å². The van der Waals surface area contributed by atoms with Gasteiger partial charge in [-0.05, 0) is 12.0 Å². The van der Waals surface area contributed by atoms with Crippen molar-refractivity contribution in [3.63, 3.8) is 0 Å². The Balaban J connectivity index is 2.25. The van der Waals surface area contributed by atoms with Gasteiger partial charge in [0, 0.05) is 0 Å². The van der Waals surface area contributed by atoms with Gasteiger partial charge in [0.1, 0.15) is 0 Å². The van der Waals surface area contributed by atoms with Crippen molar-refractivity contribution in [3.8, 4) is 0 Å². The zero-order valence-corrected chi connectivity index (χ0v) is 11.6. The zero-order valence-electron chi connectivity index (χ0n) is 10.6. The van der Waals surface area contributed by atoms with Crippen LogP contribution in [0.15, 0.2) is 11.6 Å². The molecule has 1 heterocycles. The van der Waals surface area contributed by atoms with Crippen LogP contribution in [0.5, 0.6) is 0 Å². The molecule has 1 fully saturated rings. The summed E-state index contributed by atoms with van der Waals surface area (Å²) in [6, 6.07) is 0.443. The maximum absolute atomic E-state index is 12.0. The van der Waals surface area contributed by atoms with E-state index in [4.69, 9.17) is 0 Å². The first-order chi connectivity index (χ1) is 6.68. The summed E-state index contributed by atoms with van der Waals surface area (Å²) in [4.78, 5) is 12.0. The SMILES string of the molecule is CC1=C[C@@H]2[C@H]1C(=O)N2[Si](C)(C)C(C)(C)C. The lowest BCUT2D eigenvalue weighted by Crippen LogP contribution is -2.75. The summed E-state index contributed by atoms with van der Waals surface area (Å²) in [5, 5.41) is 0.255. The predicted molar refractivity (Wildman–Crippen MR) is 65.1 cm³/mol. The summed E-state index contributed by atoms with van der Waals surface area (Å²) >= 11 is 0. The number of carbonyl (C=O) groups is 1. The molecule has 3 heteroatoms. The highest BCUT2D eigenvalue weighted by atomic mass is 28.3. The number of amides is 1. The molecule has 2 nitrogen and oxygen atoms in total. The molecule has 0 aromatic carbocycles. The first kappa shape index (κ1) is 10.9. The standard InChI is InChI=1S/C12H21NOSi/c1-8-7-9-10(8)11(14)13(9)15(5,6)12(2,3)4/h7,9-10H,1-6H3/t9-,10+/m1/s1. The Morgan fingerprint density at radius 2 is 1.87 bits per heavy atom. The Bertz CT molecular complexity index is 351. The predicted octanol–water partition coefficient (Wildman–Crippen LogP) is 2.78. The molecular formula is C12H21NOSi. The van der Waals surface area contributed by atoms with Gasteiger partial charge in [-0.3, -0.25) is 4.79 Å². The van der Waals surface area contributed by atoms with E-state index in [0.29, 0.717) is 11.9 Å². The maximum atomic E-state index is 12.0. The van der Waals surface area contributed by atoms with E-state index >= 15 is 0 Å². The molecule has 2 aliphatic rings. The fraction of sp³-hybridized carbons (Fsp3) is 0.750. The largest absolute Gasteiger partial charge is 0.361 e. The average molecular weight is 223 g/mol. The third-order valence-electron chi connectivity index (χ3n) is 4.51. The number of β-lactam (4-membered cyclic amide) rings is 1. The normalized spacial score (nSPS) is 30.4. The van der Waals surface area contributed by atoms with Gasteiger partial charge in [0.25, 0.3) is 0 Å². The molecule has 0 aromatic heterocycles. The molecule has 1 saturated heterocycles. The molecule has 2 atom stereocenters. The van der Waals surface area contributed by atoms with Gasteiger partial charge in [0.15, 0.2) is 8.24 Å². The highest BCUT2D eigenvalue weighted by Crippen LogP contribution is 2.50. The van der Waals surface area contributed by atoms with Crippen LogP contribution in [0.4, 0.5) is 0 Å². The fourth-order valence-electron chi connectivity index (χ4n) is 2.41. The van der Waals surface area contributed by atoms with Crippen molar-refractivity contribution >= 4 is 14.1 Å². The van der Waals surface area contributed by atoms with Gasteiger partial charge in [-0.1, -0.05) is 45.5 Å². The summed E-state index contributed by atoms with van der Waals surface area (Å²) in [6.07, 6.45) is 2.26. The number of fused-ring (bicyclic) bond motifs is 1. The maximum Gasteiger partial charge on any atom is 0.224 e. The third kappa shape index (κ3) is 1.19. The van der Waals surface area contributed by atoms with Crippen molar-refractivity contribution in [1.82, 2.24) is 4.57 Å². The van der Waals surface area contributed by atoms with E-state index in [1.165, 1.54) is 5.57 Å². The zero-order chi connectivity index (χ0) is 11.6. The molecular weight excluding hydrogens is 202 g/mol. The van der Waals surface area contributed by atoms with Crippen LogP contribution in [0.25, 0.3) is 0 Å². The molecule has 0 unspecified atom stereocenters. The van der Waals surface area contributed by atoms with Crippen molar-refractivity contribution in [3.05, 3.63) is 11.6 Å². The molecule has 1 amide bonds. The molecule has 0 aromatic rings. The van der Waals surface area contributed by atoms with Crippen molar-refractivity contribution in [1.29, 1.82) is 0 Å². The summed E-state index contributed by atoms with van der Waals surface area (Å²) in [7, 11) is -1.63. The molecule has 0 radical (unpaired) electrons. The summed E-state index contributed by atoms with van der Waals surface area (Å²) < 4.78 is 2.20. The Hall–Kier alpha value is -0.573. The second kappa shape index (κ2) is 2.76. The second-order valence-corrected chi connectivity index (χ2v) is 11.5. The molecule has 1 aliphatic carbocycles. The van der Waals surface area contributed by atoms with Crippen molar-refractivity contribution in [2.75, 3.05) is 0 Å². The van der Waals surface area contributed by atoms with Crippen LogP contribution in [0.2, 0.25) is 18.1 Å². The van der Waals surface area contributed by atoms with E-state index in [1.54, 1.807) is 0 Å². The smallest absolute Gasteiger partial charge is 0.224 e. The van der Waals surface area contributed by atoms with Gasteiger partial charge in [-0.25, -0.2) is 0 Å². The highest BCUT2D eigenvalue weighted by Gasteiger charge is 2.60. The molecule has 84 valence electrons. The quantitative estimate of drug-likeness (QED) is 0.380. The van der Waals surface area contributed by atoms with E-state index in [2.05, 4.69) is 51.4 Å². The lowest BCUT2D eigenvalue weighted by molar-refractivity contribution is -0.145. The number of hydrogen-bond donors (Lipinski definition) is 0. The molecule has 0 spiro atoms. The minimum Gasteiger partial charge on any atom is -0.361 e. The van der Waals surface area contributed by atoms with Crippen molar-refractivity contribution < 1.29 is 4.79 Å². The van der Waals surface area contributed by atoms with Crippen LogP contribution in [-0.4, -0.2) is 24.7 Å². The van der Waals surface area contributed by atoms with Crippen LogP contribution < -0.4 is 0 Å². The second-order valence-electron chi connectivity index (χ2n) is 6.40. The van der Waals surface area contributed by atoms with Gasteiger partial charge in [-0.2, -0.15) is 0 Å². The Morgan fingerprint density at radius 1 is 1.33 bits per heavy atom. The van der Waals surface area contributed by atoms with E-state index in [1.807, 2.05) is 0 Å². The Kier molecular flexibility index (Phi) is 2.01. The lowest BCUT2D eigenvalue weighted by Gasteiger charge is -2.61. The van der Waals surface area contributed by atoms with E-state index < -0.39 is 8.24 Å². The van der Waals surface area contributed by atoms with E-state index in [0.717, 1.165) is 0 Å². The molecule has 2 rings (SSSR count). The number of carbonyl (C=O) groups excluding carboxylic acids is 1. The topological polar surface area (TPSA) is 20.3 Å². The van der Waals surface area contributed by atoms with Crippen LogP contribution in [0, 0.1) is 5.92 Å². The summed E-state index contributed by atoms with van der Waals surface area (Å²) in [5.74, 6) is 0.630. The van der Waals surface area contributed by atoms with Crippen molar-refractivity contribution in [2.24, 2.45) is 5.92 Å². The third-order valence-corrected chi connectivity index (χ3v) is 9.90. The number of hydrogen-bond acceptors (Lipinski definition) is 1. The van der Waals surface area contributed by atoms with E-state index in [-0.39, 0.29) is 11.0 Å². The van der Waals surface area contributed by atoms with Gasteiger partial charge in [-0.15, -0.1) is 0 Å². The van der Waals surface area contributed by atoms with Gasteiger partial charge < -0.3 is 4.57 Å². The lowest BCUT2D eigenvalue weighted by atomic mass is 9.74. The molecule has 0 N–H and O–H groups in total. The average Bonchev–Trinajstić information content (AvgIpc) is 1.99. The van der Waals surface area contributed by atoms with Crippen molar-refractivity contribution in [2.45, 2.75) is 51.9 Å². The summed E-state index contributed by atoms with van der Waals surface area (Å²) in [5.41, 5.74) is 1.28.